The average Bonchev–Trinajstić information content (AvgIpc) is 2.73. The molecule has 0 fully saturated rings. The van der Waals surface area contributed by atoms with E-state index >= 15 is 0 Å². The van der Waals surface area contributed by atoms with Crippen LogP contribution in [0.25, 0.3) is 16.5 Å². The van der Waals surface area contributed by atoms with Gasteiger partial charge in [0.15, 0.2) is 0 Å². The van der Waals surface area contributed by atoms with Crippen LogP contribution in [-0.2, 0) is 0 Å². The molecule has 1 aromatic heterocycles. The molecule has 0 bridgehead atoms. The van der Waals surface area contributed by atoms with Crippen molar-refractivity contribution in [2.45, 2.75) is 20.8 Å². The number of aromatic nitrogens is 2. The predicted molar refractivity (Wildman–Crippen MR) is 86.3 cm³/mol. The molecule has 3 N–H and O–H groups in total. The molecular weight excluding hydrogens is 260 g/mol. The number of fused-ring (bicyclic) bond motifs is 1. The number of nitrogens with two attached hydrogens (primary N) is 1. The Morgan fingerprint density at radius 1 is 1.05 bits per heavy atom. The summed E-state index contributed by atoms with van der Waals surface area (Å²) >= 11 is 0. The van der Waals surface area contributed by atoms with Gasteiger partial charge < -0.3 is 5.73 Å². The van der Waals surface area contributed by atoms with Gasteiger partial charge in [-0.15, -0.1) is 0 Å². The van der Waals surface area contributed by atoms with E-state index in [2.05, 4.69) is 18.9 Å². The maximum atomic E-state index is 7.73. The topological polar surface area (TPSA) is 67.7 Å². The highest BCUT2D eigenvalue weighted by Crippen LogP contribution is 2.27. The second-order valence-corrected chi connectivity index (χ2v) is 5.30. The molecule has 3 aromatic rings. The van der Waals surface area contributed by atoms with Crippen LogP contribution in [0.4, 0.5) is 0 Å². The van der Waals surface area contributed by atoms with E-state index in [1.54, 1.807) is 0 Å². The fourth-order valence-corrected chi connectivity index (χ4v) is 2.66. The van der Waals surface area contributed by atoms with Crippen LogP contribution in [0.3, 0.4) is 0 Å². The molecule has 0 atom stereocenters. The highest BCUT2D eigenvalue weighted by Gasteiger charge is 2.13. The van der Waals surface area contributed by atoms with Crippen LogP contribution in [0.5, 0.6) is 0 Å². The van der Waals surface area contributed by atoms with E-state index in [0.29, 0.717) is 0 Å². The number of nitrogens with one attached hydrogen (secondary N) is 1. The molecule has 2 aromatic carbocycles. The van der Waals surface area contributed by atoms with Crippen molar-refractivity contribution in [3.63, 3.8) is 0 Å². The highest BCUT2D eigenvalue weighted by atomic mass is 15.3. The maximum absolute atomic E-state index is 7.73. The zero-order chi connectivity index (χ0) is 15.1. The molecule has 0 aliphatic rings. The minimum atomic E-state index is 0.0855. The van der Waals surface area contributed by atoms with Crippen LogP contribution in [-0.4, -0.2) is 15.6 Å². The van der Waals surface area contributed by atoms with Crippen molar-refractivity contribution < 1.29 is 0 Å². The van der Waals surface area contributed by atoms with Crippen LogP contribution in [0.1, 0.15) is 22.5 Å². The number of aryl methyl sites for hydroxylation is 1. The molecule has 0 aliphatic heterocycles. The van der Waals surface area contributed by atoms with Crippen molar-refractivity contribution in [1.82, 2.24) is 9.78 Å². The molecular formula is C17H18N4. The molecule has 4 heteroatoms. The van der Waals surface area contributed by atoms with Gasteiger partial charge in [0.1, 0.15) is 5.84 Å². The van der Waals surface area contributed by atoms with Gasteiger partial charge in [0.25, 0.3) is 0 Å². The van der Waals surface area contributed by atoms with Gasteiger partial charge in [0, 0.05) is 16.6 Å². The zero-order valence-electron chi connectivity index (χ0n) is 12.4. The molecule has 0 unspecified atom stereocenters. The van der Waals surface area contributed by atoms with Crippen LogP contribution < -0.4 is 5.73 Å². The van der Waals surface area contributed by atoms with E-state index in [1.165, 1.54) is 5.56 Å². The van der Waals surface area contributed by atoms with Gasteiger partial charge in [-0.1, -0.05) is 24.3 Å². The van der Waals surface area contributed by atoms with E-state index < -0.39 is 0 Å². The van der Waals surface area contributed by atoms with Gasteiger partial charge in [0.2, 0.25) is 0 Å². The van der Waals surface area contributed by atoms with Gasteiger partial charge in [-0.25, -0.2) is 4.68 Å². The second-order valence-electron chi connectivity index (χ2n) is 5.30. The lowest BCUT2D eigenvalue weighted by atomic mass is 10.0. The Morgan fingerprint density at radius 3 is 2.29 bits per heavy atom. The molecule has 1 heterocycles. The number of rotatable bonds is 2. The number of benzene rings is 2. The Hall–Kier alpha value is -2.62. The summed E-state index contributed by atoms with van der Waals surface area (Å²) in [4.78, 5) is 0. The molecule has 106 valence electrons. The Balaban J connectivity index is 2.37. The summed E-state index contributed by atoms with van der Waals surface area (Å²) in [5, 5.41) is 14.4. The molecule has 0 amide bonds. The third-order valence-corrected chi connectivity index (χ3v) is 4.07. The van der Waals surface area contributed by atoms with Crippen LogP contribution in [0, 0.1) is 26.2 Å². The predicted octanol–water partition coefficient (Wildman–Crippen LogP) is 3.23. The number of hydrogen-bond donors (Lipinski definition) is 2. The Bertz CT molecular complexity index is 859. The van der Waals surface area contributed by atoms with Crippen molar-refractivity contribution in [1.29, 1.82) is 5.41 Å². The lowest BCUT2D eigenvalue weighted by Crippen LogP contribution is -2.12. The van der Waals surface area contributed by atoms with Gasteiger partial charge in [0.05, 0.1) is 11.4 Å². The van der Waals surface area contributed by atoms with Crippen molar-refractivity contribution in [2.75, 3.05) is 0 Å². The molecule has 4 nitrogen and oxygen atoms in total. The number of nitrogens with zero attached hydrogens (tertiary/aromatic N) is 2. The van der Waals surface area contributed by atoms with Crippen LogP contribution in [0.15, 0.2) is 36.4 Å². The van der Waals surface area contributed by atoms with Gasteiger partial charge >= 0.3 is 0 Å². The summed E-state index contributed by atoms with van der Waals surface area (Å²) in [5.74, 6) is 0.0855. The van der Waals surface area contributed by atoms with Crippen LogP contribution >= 0.6 is 0 Å². The van der Waals surface area contributed by atoms with E-state index in [4.69, 9.17) is 11.1 Å². The molecule has 21 heavy (non-hydrogen) atoms. The highest BCUT2D eigenvalue weighted by molar-refractivity contribution is 6.09. The first kappa shape index (κ1) is 13.4. The Kier molecular flexibility index (Phi) is 3.01. The minimum Gasteiger partial charge on any atom is -0.384 e. The first-order valence-electron chi connectivity index (χ1n) is 6.90. The average molecular weight is 278 g/mol. The molecule has 0 saturated heterocycles. The summed E-state index contributed by atoms with van der Waals surface area (Å²) in [6.45, 7) is 6.17. The van der Waals surface area contributed by atoms with Gasteiger partial charge in [-0.05, 0) is 43.9 Å². The van der Waals surface area contributed by atoms with Crippen molar-refractivity contribution >= 4 is 16.6 Å². The summed E-state index contributed by atoms with van der Waals surface area (Å²) in [7, 11) is 0. The standard InChI is InChI=1S/C17H18N4/c1-10-11(2)20-21(12(10)3)16-9-8-15(17(18)19)13-6-4-5-7-14(13)16/h4-9H,1-3H3,(H3,18,19). The molecule has 0 aliphatic carbocycles. The molecule has 0 saturated carbocycles. The molecule has 0 radical (unpaired) electrons. The number of nitrogen functional groups attached to an aromatic ring is 1. The van der Waals surface area contributed by atoms with Crippen molar-refractivity contribution in [3.8, 4) is 5.69 Å². The fraction of sp³-hybridized carbons (Fsp3) is 0.176. The normalized spacial score (nSPS) is 11.0. The van der Waals surface area contributed by atoms with Crippen molar-refractivity contribution in [2.24, 2.45) is 5.73 Å². The SMILES string of the molecule is Cc1nn(-c2ccc(C(=N)N)c3ccccc23)c(C)c1C. The summed E-state index contributed by atoms with van der Waals surface area (Å²) < 4.78 is 1.97. The first-order valence-corrected chi connectivity index (χ1v) is 6.90. The quantitative estimate of drug-likeness (QED) is 0.558. The smallest absolute Gasteiger partial charge is 0.123 e. The molecule has 0 spiro atoms. The zero-order valence-corrected chi connectivity index (χ0v) is 12.4. The monoisotopic (exact) mass is 278 g/mol. The Morgan fingerprint density at radius 2 is 1.71 bits per heavy atom. The maximum Gasteiger partial charge on any atom is 0.123 e. The van der Waals surface area contributed by atoms with Gasteiger partial charge in [-0.2, -0.15) is 5.10 Å². The van der Waals surface area contributed by atoms with E-state index in [-0.39, 0.29) is 5.84 Å². The lowest BCUT2D eigenvalue weighted by Gasteiger charge is -2.12. The molecule has 3 rings (SSSR count). The van der Waals surface area contributed by atoms with E-state index in [0.717, 1.165) is 33.4 Å². The van der Waals surface area contributed by atoms with E-state index in [1.807, 2.05) is 48.0 Å². The third kappa shape index (κ3) is 2.00. The second kappa shape index (κ2) is 4.74. The Labute approximate surface area is 123 Å². The third-order valence-electron chi connectivity index (χ3n) is 4.07. The number of amidine groups is 1. The van der Waals surface area contributed by atoms with Crippen molar-refractivity contribution in [3.05, 3.63) is 58.9 Å². The lowest BCUT2D eigenvalue weighted by molar-refractivity contribution is 0.839. The fourth-order valence-electron chi connectivity index (χ4n) is 2.66. The van der Waals surface area contributed by atoms with E-state index in [9.17, 15) is 0 Å². The summed E-state index contributed by atoms with van der Waals surface area (Å²) in [6.07, 6.45) is 0. The van der Waals surface area contributed by atoms with Gasteiger partial charge in [-0.3, -0.25) is 5.41 Å². The number of hydrogen-bond acceptors (Lipinski definition) is 2. The summed E-state index contributed by atoms with van der Waals surface area (Å²) in [6, 6.07) is 11.9. The minimum absolute atomic E-state index is 0.0855. The van der Waals surface area contributed by atoms with Crippen LogP contribution in [0.2, 0.25) is 0 Å². The largest absolute Gasteiger partial charge is 0.384 e. The first-order chi connectivity index (χ1) is 10.0. The summed E-state index contributed by atoms with van der Waals surface area (Å²) in [5.41, 5.74) is 10.8.